The molecule has 1 aliphatic heterocycles. The number of aryl methyl sites for hydroxylation is 1. The van der Waals surface area contributed by atoms with Gasteiger partial charge in [-0.05, 0) is 62.4 Å². The van der Waals surface area contributed by atoms with E-state index in [0.717, 1.165) is 5.56 Å². The second-order valence-electron chi connectivity index (χ2n) is 8.59. The number of piperidine rings is 1. The number of hydrogen-bond acceptors (Lipinski definition) is 4. The Labute approximate surface area is 199 Å². The third-order valence-electron chi connectivity index (χ3n) is 6.08. The Kier molecular flexibility index (Phi) is 9.16. The highest BCUT2D eigenvalue weighted by atomic mass is 19.1. The number of likely N-dealkylation sites (tertiary alicyclic amines) is 1. The fourth-order valence-electron chi connectivity index (χ4n) is 4.10. The van der Waals surface area contributed by atoms with Gasteiger partial charge in [0.05, 0.1) is 0 Å². The van der Waals surface area contributed by atoms with Crippen LogP contribution in [0.1, 0.15) is 45.5 Å². The normalized spacial score (nSPS) is 15.0. The van der Waals surface area contributed by atoms with Crippen molar-refractivity contribution in [1.82, 2.24) is 15.5 Å². The number of carbonyl (C=O) groups is 3. The molecule has 3 rings (SSSR count). The minimum atomic E-state index is -0.720. The molecule has 0 bridgehead atoms. The third-order valence-corrected chi connectivity index (χ3v) is 6.08. The first-order chi connectivity index (χ1) is 16.4. The number of hydrogen-bond donors (Lipinski definition) is 2. The van der Waals surface area contributed by atoms with Crippen LogP contribution in [0.3, 0.4) is 0 Å². The molecule has 8 heteroatoms. The van der Waals surface area contributed by atoms with E-state index in [2.05, 4.69) is 10.6 Å². The topological polar surface area (TPSA) is 87.7 Å². The molecular formula is C26H32FN3O4. The van der Waals surface area contributed by atoms with Crippen molar-refractivity contribution in [2.75, 3.05) is 33.4 Å². The lowest BCUT2D eigenvalue weighted by Gasteiger charge is -2.36. The molecule has 0 unspecified atom stereocenters. The van der Waals surface area contributed by atoms with Crippen LogP contribution in [0.5, 0.6) is 0 Å². The SMILES string of the molecule is COCCCNC(=O)[C@@H](NC(=O)c1ccc(C)cc1)C1CCN(C(=O)c2cccc(F)c2)CC1. The molecule has 0 radical (unpaired) electrons. The number of ether oxygens (including phenoxy) is 1. The van der Waals surface area contributed by atoms with E-state index in [0.29, 0.717) is 56.6 Å². The number of halogens is 1. The van der Waals surface area contributed by atoms with Gasteiger partial charge in [-0.25, -0.2) is 4.39 Å². The predicted octanol–water partition coefficient (Wildman–Crippen LogP) is 2.94. The van der Waals surface area contributed by atoms with Gasteiger partial charge in [-0.15, -0.1) is 0 Å². The van der Waals surface area contributed by atoms with Crippen molar-refractivity contribution >= 4 is 17.7 Å². The summed E-state index contributed by atoms with van der Waals surface area (Å²) in [5.74, 6) is -1.37. The number of nitrogens with one attached hydrogen (secondary N) is 2. The summed E-state index contributed by atoms with van der Waals surface area (Å²) in [6.45, 7) is 3.76. The summed E-state index contributed by atoms with van der Waals surface area (Å²) >= 11 is 0. The maximum atomic E-state index is 13.5. The highest BCUT2D eigenvalue weighted by Gasteiger charge is 2.34. The van der Waals surface area contributed by atoms with Crippen molar-refractivity contribution in [3.05, 3.63) is 71.0 Å². The van der Waals surface area contributed by atoms with Crippen molar-refractivity contribution in [3.8, 4) is 0 Å². The minimum Gasteiger partial charge on any atom is -0.385 e. The molecule has 0 saturated carbocycles. The van der Waals surface area contributed by atoms with Crippen LogP contribution in [0.2, 0.25) is 0 Å². The van der Waals surface area contributed by atoms with Crippen molar-refractivity contribution in [2.45, 2.75) is 32.2 Å². The van der Waals surface area contributed by atoms with E-state index >= 15 is 0 Å². The second-order valence-corrected chi connectivity index (χ2v) is 8.59. The van der Waals surface area contributed by atoms with Crippen LogP contribution >= 0.6 is 0 Å². The molecule has 182 valence electrons. The lowest BCUT2D eigenvalue weighted by Crippen LogP contribution is -2.54. The van der Waals surface area contributed by atoms with Crippen LogP contribution in [-0.4, -0.2) is 62.0 Å². The maximum Gasteiger partial charge on any atom is 0.253 e. The van der Waals surface area contributed by atoms with Crippen molar-refractivity contribution < 1.29 is 23.5 Å². The largest absolute Gasteiger partial charge is 0.385 e. The first-order valence-corrected chi connectivity index (χ1v) is 11.6. The highest BCUT2D eigenvalue weighted by Crippen LogP contribution is 2.23. The van der Waals surface area contributed by atoms with E-state index < -0.39 is 11.9 Å². The summed E-state index contributed by atoms with van der Waals surface area (Å²) in [4.78, 5) is 40.3. The van der Waals surface area contributed by atoms with E-state index in [1.54, 1.807) is 30.2 Å². The van der Waals surface area contributed by atoms with Gasteiger partial charge in [0.15, 0.2) is 0 Å². The molecule has 34 heavy (non-hydrogen) atoms. The smallest absolute Gasteiger partial charge is 0.253 e. The van der Waals surface area contributed by atoms with Gasteiger partial charge in [-0.2, -0.15) is 0 Å². The van der Waals surface area contributed by atoms with E-state index in [1.807, 2.05) is 19.1 Å². The zero-order valence-electron chi connectivity index (χ0n) is 19.7. The Morgan fingerprint density at radius 1 is 1.09 bits per heavy atom. The molecule has 3 amide bonds. The molecule has 0 spiro atoms. The number of rotatable bonds is 9. The fourth-order valence-corrected chi connectivity index (χ4v) is 4.10. The van der Waals surface area contributed by atoms with Crippen LogP contribution < -0.4 is 10.6 Å². The number of carbonyl (C=O) groups excluding carboxylic acids is 3. The summed E-state index contributed by atoms with van der Waals surface area (Å²) in [6, 6.07) is 12.1. The van der Waals surface area contributed by atoms with Gasteiger partial charge in [0.2, 0.25) is 5.91 Å². The Morgan fingerprint density at radius 2 is 1.79 bits per heavy atom. The average Bonchev–Trinajstić information content (AvgIpc) is 2.85. The zero-order chi connectivity index (χ0) is 24.5. The van der Waals surface area contributed by atoms with Gasteiger partial charge in [-0.3, -0.25) is 14.4 Å². The molecule has 0 aliphatic carbocycles. The first-order valence-electron chi connectivity index (χ1n) is 11.6. The lowest BCUT2D eigenvalue weighted by molar-refractivity contribution is -0.124. The fraction of sp³-hybridized carbons (Fsp3) is 0.423. The standard InChI is InChI=1S/C26H32FN3O4/c1-18-7-9-20(10-8-18)24(31)29-23(25(32)28-13-4-16-34-2)19-11-14-30(15-12-19)26(33)21-5-3-6-22(27)17-21/h3,5-10,17,19,23H,4,11-16H2,1-2H3,(H,28,32)(H,29,31)/t23-/m0/s1. The average molecular weight is 470 g/mol. The van der Waals surface area contributed by atoms with Crippen LogP contribution in [-0.2, 0) is 9.53 Å². The summed E-state index contributed by atoms with van der Waals surface area (Å²) in [6.07, 6.45) is 1.76. The monoisotopic (exact) mass is 469 g/mol. The summed E-state index contributed by atoms with van der Waals surface area (Å²) in [5.41, 5.74) is 1.83. The van der Waals surface area contributed by atoms with Crippen LogP contribution in [0.25, 0.3) is 0 Å². The van der Waals surface area contributed by atoms with Crippen molar-refractivity contribution in [3.63, 3.8) is 0 Å². The van der Waals surface area contributed by atoms with Gasteiger partial charge >= 0.3 is 0 Å². The molecule has 1 aliphatic rings. The summed E-state index contributed by atoms with van der Waals surface area (Å²) in [5, 5.41) is 5.80. The van der Waals surface area contributed by atoms with Gasteiger partial charge in [0.1, 0.15) is 11.9 Å². The number of amides is 3. The third kappa shape index (κ3) is 6.87. The van der Waals surface area contributed by atoms with E-state index in [-0.39, 0.29) is 23.6 Å². The van der Waals surface area contributed by atoms with Crippen molar-refractivity contribution in [2.24, 2.45) is 5.92 Å². The van der Waals surface area contributed by atoms with Gasteiger partial charge in [0, 0.05) is 44.5 Å². The molecule has 7 nitrogen and oxygen atoms in total. The summed E-state index contributed by atoms with van der Waals surface area (Å²) in [7, 11) is 1.60. The summed E-state index contributed by atoms with van der Waals surface area (Å²) < 4.78 is 18.6. The number of methoxy groups -OCH3 is 1. The minimum absolute atomic E-state index is 0.131. The Hall–Kier alpha value is -3.26. The molecule has 2 N–H and O–H groups in total. The molecule has 1 heterocycles. The number of benzene rings is 2. The van der Waals surface area contributed by atoms with Gasteiger partial charge in [-0.1, -0.05) is 23.8 Å². The van der Waals surface area contributed by atoms with E-state index in [4.69, 9.17) is 4.74 Å². The van der Waals surface area contributed by atoms with Gasteiger partial charge in [0.25, 0.3) is 11.8 Å². The van der Waals surface area contributed by atoms with Crippen LogP contribution in [0.15, 0.2) is 48.5 Å². The number of nitrogens with zero attached hydrogens (tertiary/aromatic N) is 1. The second kappa shape index (κ2) is 12.3. The zero-order valence-corrected chi connectivity index (χ0v) is 19.7. The quantitative estimate of drug-likeness (QED) is 0.553. The van der Waals surface area contributed by atoms with Crippen LogP contribution in [0, 0.1) is 18.7 Å². The van der Waals surface area contributed by atoms with E-state index in [9.17, 15) is 18.8 Å². The Morgan fingerprint density at radius 3 is 2.44 bits per heavy atom. The van der Waals surface area contributed by atoms with Gasteiger partial charge < -0.3 is 20.3 Å². The molecular weight excluding hydrogens is 437 g/mol. The molecule has 1 fully saturated rings. The van der Waals surface area contributed by atoms with Crippen LogP contribution in [0.4, 0.5) is 4.39 Å². The predicted molar refractivity (Wildman–Crippen MR) is 127 cm³/mol. The molecule has 2 aromatic rings. The molecule has 0 aromatic heterocycles. The molecule has 1 atom stereocenters. The molecule has 2 aromatic carbocycles. The van der Waals surface area contributed by atoms with Crippen molar-refractivity contribution in [1.29, 1.82) is 0 Å². The Balaban J connectivity index is 1.66. The van der Waals surface area contributed by atoms with E-state index in [1.165, 1.54) is 18.2 Å². The lowest BCUT2D eigenvalue weighted by atomic mass is 9.88. The highest BCUT2D eigenvalue weighted by molar-refractivity contribution is 5.97. The Bertz CT molecular complexity index is 988. The molecule has 1 saturated heterocycles. The first kappa shape index (κ1) is 25.4. The maximum absolute atomic E-state index is 13.5.